The number of sulfonamides is 1. The highest BCUT2D eigenvalue weighted by molar-refractivity contribution is 7.89. The number of aryl methyl sites for hydroxylation is 3. The van der Waals surface area contributed by atoms with Crippen LogP contribution < -0.4 is 5.32 Å². The largest absolute Gasteiger partial charge is 0.325 e. The second-order valence-corrected chi connectivity index (χ2v) is 10.3. The van der Waals surface area contributed by atoms with Crippen LogP contribution >= 0.6 is 0 Å². The molecule has 6 nitrogen and oxygen atoms in total. The maximum Gasteiger partial charge on any atom is 0.243 e. The zero-order valence-corrected chi connectivity index (χ0v) is 19.0. The van der Waals surface area contributed by atoms with Crippen molar-refractivity contribution >= 4 is 21.6 Å². The van der Waals surface area contributed by atoms with Gasteiger partial charge in [0.15, 0.2) is 0 Å². The lowest BCUT2D eigenvalue weighted by molar-refractivity contribution is -0.117. The van der Waals surface area contributed by atoms with Crippen LogP contribution in [-0.2, 0) is 34.1 Å². The van der Waals surface area contributed by atoms with Crippen molar-refractivity contribution < 1.29 is 13.2 Å². The molecule has 2 aliphatic rings. The quantitative estimate of drug-likeness (QED) is 0.748. The predicted octanol–water partition coefficient (Wildman–Crippen LogP) is 3.07. The van der Waals surface area contributed by atoms with Gasteiger partial charge < -0.3 is 5.32 Å². The van der Waals surface area contributed by atoms with E-state index < -0.39 is 10.0 Å². The number of hydrogen-bond acceptors (Lipinski definition) is 4. The molecule has 4 rings (SSSR count). The normalized spacial score (nSPS) is 17.8. The Labute approximate surface area is 185 Å². The molecule has 1 aliphatic heterocycles. The van der Waals surface area contributed by atoms with Crippen molar-refractivity contribution in [2.75, 3.05) is 38.0 Å². The number of amides is 1. The monoisotopic (exact) mass is 441 g/mol. The Kier molecular flexibility index (Phi) is 6.74. The van der Waals surface area contributed by atoms with E-state index in [4.69, 9.17) is 0 Å². The average molecular weight is 442 g/mol. The lowest BCUT2D eigenvalue weighted by Crippen LogP contribution is -2.50. The van der Waals surface area contributed by atoms with E-state index in [-0.39, 0.29) is 12.5 Å². The van der Waals surface area contributed by atoms with E-state index in [1.165, 1.54) is 17.5 Å². The van der Waals surface area contributed by atoms with Crippen LogP contribution in [-0.4, -0.2) is 56.3 Å². The molecular weight excluding hydrogens is 410 g/mol. The van der Waals surface area contributed by atoms with Gasteiger partial charge in [0.25, 0.3) is 0 Å². The number of piperazine rings is 1. The van der Waals surface area contributed by atoms with Gasteiger partial charge in [-0.25, -0.2) is 8.42 Å². The van der Waals surface area contributed by atoms with Gasteiger partial charge in [0.2, 0.25) is 15.9 Å². The number of fused-ring (bicyclic) bond motifs is 1. The van der Waals surface area contributed by atoms with Crippen LogP contribution in [0, 0.1) is 0 Å². The molecule has 1 amide bonds. The van der Waals surface area contributed by atoms with Gasteiger partial charge >= 0.3 is 0 Å². The average Bonchev–Trinajstić information content (AvgIpc) is 2.79. The summed E-state index contributed by atoms with van der Waals surface area (Å²) in [5.41, 5.74) is 4.42. The summed E-state index contributed by atoms with van der Waals surface area (Å²) in [5, 5.41) is 2.99. The number of hydrogen-bond donors (Lipinski definition) is 1. The summed E-state index contributed by atoms with van der Waals surface area (Å²) in [7, 11) is -3.50. The summed E-state index contributed by atoms with van der Waals surface area (Å²) in [6.07, 6.45) is 5.16. The molecule has 0 bridgehead atoms. The molecule has 2 aromatic carbocycles. The van der Waals surface area contributed by atoms with E-state index in [1.54, 1.807) is 10.4 Å². The Morgan fingerprint density at radius 1 is 0.968 bits per heavy atom. The number of rotatable bonds is 6. The van der Waals surface area contributed by atoms with Gasteiger partial charge in [0.05, 0.1) is 11.4 Å². The molecule has 0 spiro atoms. The molecule has 1 N–H and O–H groups in total. The SMILES string of the molecule is CCc1ccccc1NC(=O)CN1CCN(S(=O)(=O)c2ccc3c(c2)CCCC3)CC1. The highest BCUT2D eigenvalue weighted by Gasteiger charge is 2.29. The number of anilines is 1. The van der Waals surface area contributed by atoms with Gasteiger partial charge in [-0.2, -0.15) is 4.31 Å². The summed E-state index contributed by atoms with van der Waals surface area (Å²) >= 11 is 0. The zero-order valence-electron chi connectivity index (χ0n) is 18.1. The van der Waals surface area contributed by atoms with Gasteiger partial charge in [-0.3, -0.25) is 9.69 Å². The predicted molar refractivity (Wildman–Crippen MR) is 123 cm³/mol. The van der Waals surface area contributed by atoms with Gasteiger partial charge in [0.1, 0.15) is 0 Å². The summed E-state index contributed by atoms with van der Waals surface area (Å²) in [6.45, 7) is 4.23. The van der Waals surface area contributed by atoms with E-state index in [9.17, 15) is 13.2 Å². The highest BCUT2D eigenvalue weighted by Crippen LogP contribution is 2.26. The third-order valence-electron chi connectivity index (χ3n) is 6.33. The van der Waals surface area contributed by atoms with Crippen molar-refractivity contribution in [3.63, 3.8) is 0 Å². The van der Waals surface area contributed by atoms with E-state index >= 15 is 0 Å². The van der Waals surface area contributed by atoms with Crippen molar-refractivity contribution in [1.29, 1.82) is 0 Å². The van der Waals surface area contributed by atoms with Crippen LogP contribution in [0.15, 0.2) is 47.4 Å². The smallest absolute Gasteiger partial charge is 0.243 e. The number of benzene rings is 2. The maximum atomic E-state index is 13.1. The minimum Gasteiger partial charge on any atom is -0.325 e. The number of carbonyl (C=O) groups excluding carboxylic acids is 1. The molecular formula is C24H31N3O3S. The van der Waals surface area contributed by atoms with Crippen LogP contribution in [0.3, 0.4) is 0 Å². The molecule has 0 saturated carbocycles. The highest BCUT2D eigenvalue weighted by atomic mass is 32.2. The topological polar surface area (TPSA) is 69.7 Å². The van der Waals surface area contributed by atoms with Crippen LogP contribution in [0.2, 0.25) is 0 Å². The third-order valence-corrected chi connectivity index (χ3v) is 8.22. The minimum absolute atomic E-state index is 0.0631. The number of nitrogens with zero attached hydrogens (tertiary/aromatic N) is 2. The van der Waals surface area contributed by atoms with Crippen molar-refractivity contribution in [1.82, 2.24) is 9.21 Å². The summed E-state index contributed by atoms with van der Waals surface area (Å²) in [4.78, 5) is 14.9. The number of para-hydroxylation sites is 1. The summed E-state index contributed by atoms with van der Waals surface area (Å²) in [6, 6.07) is 13.4. The number of carbonyl (C=O) groups is 1. The molecule has 0 atom stereocenters. The fraction of sp³-hybridized carbons (Fsp3) is 0.458. The second kappa shape index (κ2) is 9.51. The van der Waals surface area contributed by atoms with Crippen LogP contribution in [0.5, 0.6) is 0 Å². The molecule has 1 saturated heterocycles. The van der Waals surface area contributed by atoms with Crippen molar-refractivity contribution in [2.45, 2.75) is 43.9 Å². The Hall–Kier alpha value is -2.22. The third kappa shape index (κ3) is 5.00. The van der Waals surface area contributed by atoms with Gasteiger partial charge in [-0.05, 0) is 67.0 Å². The standard InChI is InChI=1S/C24H31N3O3S/c1-2-19-7-5-6-10-23(19)25-24(28)18-26-13-15-27(16-14-26)31(29,30)22-12-11-20-8-3-4-9-21(20)17-22/h5-7,10-12,17H,2-4,8-9,13-16,18H2,1H3,(H,25,28). The molecule has 166 valence electrons. The Balaban J connectivity index is 1.34. The summed E-state index contributed by atoms with van der Waals surface area (Å²) in [5.74, 6) is -0.0631. The van der Waals surface area contributed by atoms with E-state index in [0.717, 1.165) is 36.9 Å². The Morgan fingerprint density at radius 2 is 1.68 bits per heavy atom. The molecule has 1 fully saturated rings. The molecule has 31 heavy (non-hydrogen) atoms. The van der Waals surface area contributed by atoms with Crippen molar-refractivity contribution in [2.24, 2.45) is 0 Å². The maximum absolute atomic E-state index is 13.1. The van der Waals surface area contributed by atoms with Crippen LogP contribution in [0.25, 0.3) is 0 Å². The van der Waals surface area contributed by atoms with Gasteiger partial charge in [0, 0.05) is 31.9 Å². The Morgan fingerprint density at radius 3 is 2.42 bits per heavy atom. The van der Waals surface area contributed by atoms with Crippen LogP contribution in [0.1, 0.15) is 36.5 Å². The van der Waals surface area contributed by atoms with E-state index in [2.05, 4.69) is 12.2 Å². The fourth-order valence-corrected chi connectivity index (χ4v) is 5.96. The molecule has 7 heteroatoms. The minimum atomic E-state index is -3.50. The molecule has 0 radical (unpaired) electrons. The van der Waals surface area contributed by atoms with Crippen molar-refractivity contribution in [3.05, 3.63) is 59.2 Å². The van der Waals surface area contributed by atoms with Gasteiger partial charge in [-0.15, -0.1) is 0 Å². The Bertz CT molecular complexity index is 1040. The van der Waals surface area contributed by atoms with E-state index in [1.807, 2.05) is 41.3 Å². The second-order valence-electron chi connectivity index (χ2n) is 8.38. The van der Waals surface area contributed by atoms with Crippen LogP contribution in [0.4, 0.5) is 5.69 Å². The molecule has 1 heterocycles. The zero-order chi connectivity index (χ0) is 21.8. The van der Waals surface area contributed by atoms with E-state index in [0.29, 0.717) is 31.1 Å². The first-order chi connectivity index (χ1) is 15.0. The fourth-order valence-electron chi connectivity index (χ4n) is 4.49. The molecule has 0 unspecified atom stereocenters. The lowest BCUT2D eigenvalue weighted by atomic mass is 9.92. The molecule has 1 aliphatic carbocycles. The lowest BCUT2D eigenvalue weighted by Gasteiger charge is -2.33. The molecule has 0 aromatic heterocycles. The first-order valence-electron chi connectivity index (χ1n) is 11.2. The van der Waals surface area contributed by atoms with Crippen molar-refractivity contribution in [3.8, 4) is 0 Å². The summed E-state index contributed by atoms with van der Waals surface area (Å²) < 4.78 is 27.8. The molecule has 2 aromatic rings. The first kappa shape index (κ1) is 22.0. The first-order valence-corrected chi connectivity index (χ1v) is 12.6. The van der Waals surface area contributed by atoms with Gasteiger partial charge in [-0.1, -0.05) is 31.2 Å². The number of nitrogens with one attached hydrogen (secondary N) is 1.